The zero-order valence-corrected chi connectivity index (χ0v) is 9.70. The number of aryl methyl sites for hydroxylation is 1. The number of benzene rings is 1. The Labute approximate surface area is 101 Å². The van der Waals surface area contributed by atoms with E-state index in [0.29, 0.717) is 29.2 Å². The van der Waals surface area contributed by atoms with E-state index in [1.54, 1.807) is 29.9 Å². The van der Waals surface area contributed by atoms with Gasteiger partial charge in [0, 0.05) is 18.8 Å². The topological polar surface area (TPSA) is 91.9 Å². The van der Waals surface area contributed by atoms with Gasteiger partial charge in [-0.25, -0.2) is 9.78 Å². The van der Waals surface area contributed by atoms with Crippen LogP contribution in [0, 0.1) is 0 Å². The summed E-state index contributed by atoms with van der Waals surface area (Å²) in [5, 5.41) is 3.96. The third-order valence-corrected chi connectivity index (χ3v) is 2.80. The van der Waals surface area contributed by atoms with Crippen LogP contribution in [0.5, 0.6) is 0 Å². The number of fused-ring (bicyclic) bond motifs is 1. The third-order valence-electron chi connectivity index (χ3n) is 2.80. The van der Waals surface area contributed by atoms with Crippen molar-refractivity contribution in [2.45, 2.75) is 6.54 Å². The molecule has 2 aromatic heterocycles. The van der Waals surface area contributed by atoms with E-state index in [1.165, 1.54) is 10.9 Å². The van der Waals surface area contributed by atoms with Gasteiger partial charge in [-0.3, -0.25) is 9.25 Å². The number of hydrogen-bond acceptors (Lipinski definition) is 5. The van der Waals surface area contributed by atoms with E-state index < -0.39 is 5.76 Å². The molecule has 0 spiro atoms. The summed E-state index contributed by atoms with van der Waals surface area (Å²) in [6.45, 7) is 0.312. The molecule has 0 saturated heterocycles. The molecule has 1 aromatic carbocycles. The number of nitrogens with zero attached hydrogens (tertiary/aromatic N) is 4. The molecule has 92 valence electrons. The Bertz CT molecular complexity index is 767. The normalized spacial score (nSPS) is 11.2. The van der Waals surface area contributed by atoms with Crippen molar-refractivity contribution in [1.82, 2.24) is 19.3 Å². The van der Waals surface area contributed by atoms with Crippen molar-refractivity contribution in [1.29, 1.82) is 0 Å². The van der Waals surface area contributed by atoms with Crippen LogP contribution < -0.4 is 11.5 Å². The summed E-state index contributed by atoms with van der Waals surface area (Å²) in [4.78, 5) is 15.9. The second-order valence-corrected chi connectivity index (χ2v) is 3.98. The van der Waals surface area contributed by atoms with Crippen molar-refractivity contribution in [3.8, 4) is 0 Å². The molecule has 0 amide bonds. The van der Waals surface area contributed by atoms with Gasteiger partial charge in [0.05, 0.1) is 12.1 Å². The number of nitrogens with two attached hydrogens (primary N) is 1. The van der Waals surface area contributed by atoms with Crippen molar-refractivity contribution >= 4 is 16.8 Å². The van der Waals surface area contributed by atoms with Crippen molar-refractivity contribution in [2.24, 2.45) is 7.05 Å². The first-order valence-corrected chi connectivity index (χ1v) is 5.37. The molecular weight excluding hydrogens is 234 g/mol. The molecule has 0 unspecified atom stereocenters. The molecule has 0 atom stereocenters. The molecule has 0 fully saturated rings. The van der Waals surface area contributed by atoms with Gasteiger partial charge in [0.2, 0.25) is 0 Å². The fraction of sp³-hybridized carbons (Fsp3) is 0.182. The number of aromatic nitrogens is 4. The van der Waals surface area contributed by atoms with Crippen LogP contribution in [0.2, 0.25) is 0 Å². The van der Waals surface area contributed by atoms with Crippen molar-refractivity contribution in [2.75, 3.05) is 5.73 Å². The zero-order valence-electron chi connectivity index (χ0n) is 9.70. The fourth-order valence-corrected chi connectivity index (χ4v) is 1.84. The molecule has 18 heavy (non-hydrogen) atoms. The summed E-state index contributed by atoms with van der Waals surface area (Å²) < 4.78 is 8.25. The molecule has 0 aliphatic carbocycles. The number of nitrogen functional groups attached to an aromatic ring is 1. The molecule has 0 bridgehead atoms. The highest BCUT2D eigenvalue weighted by molar-refractivity contribution is 5.76. The number of anilines is 1. The molecule has 0 aliphatic heterocycles. The molecule has 3 aromatic rings. The van der Waals surface area contributed by atoms with Crippen molar-refractivity contribution in [3.63, 3.8) is 0 Å². The van der Waals surface area contributed by atoms with Crippen LogP contribution in [0.25, 0.3) is 11.1 Å². The summed E-state index contributed by atoms with van der Waals surface area (Å²) in [7, 11) is 1.77. The summed E-state index contributed by atoms with van der Waals surface area (Å²) in [6.07, 6.45) is 1.45. The lowest BCUT2D eigenvalue weighted by molar-refractivity contribution is 0.509. The lowest BCUT2D eigenvalue weighted by Gasteiger charge is -2.01. The Kier molecular flexibility index (Phi) is 2.19. The standard InChI is InChI=1S/C11H11N5O2/c1-15-10(13-6-14-15)5-16-8-3-2-7(12)4-9(8)18-11(16)17/h2-4,6H,5,12H2,1H3. The van der Waals surface area contributed by atoms with Gasteiger partial charge in [-0.15, -0.1) is 0 Å². The average molecular weight is 245 g/mol. The maximum atomic E-state index is 11.8. The number of hydrogen-bond donors (Lipinski definition) is 1. The predicted octanol–water partition coefficient (Wildman–Crippen LogP) is 0.354. The first kappa shape index (κ1) is 10.6. The van der Waals surface area contributed by atoms with Gasteiger partial charge in [0.15, 0.2) is 5.58 Å². The highest BCUT2D eigenvalue weighted by Crippen LogP contribution is 2.16. The minimum atomic E-state index is -0.432. The number of rotatable bonds is 2. The Morgan fingerprint density at radius 3 is 3.00 bits per heavy atom. The molecule has 0 saturated carbocycles. The molecule has 7 nitrogen and oxygen atoms in total. The minimum Gasteiger partial charge on any atom is -0.408 e. The van der Waals surface area contributed by atoms with Gasteiger partial charge in [0.25, 0.3) is 0 Å². The van der Waals surface area contributed by atoms with E-state index in [0.717, 1.165) is 0 Å². The first-order valence-electron chi connectivity index (χ1n) is 5.37. The zero-order chi connectivity index (χ0) is 12.7. The summed E-state index contributed by atoms with van der Waals surface area (Å²) in [6, 6.07) is 5.11. The third kappa shape index (κ3) is 1.56. The van der Waals surface area contributed by atoms with Gasteiger partial charge in [0.1, 0.15) is 12.2 Å². The van der Waals surface area contributed by atoms with E-state index in [4.69, 9.17) is 10.2 Å². The smallest absolute Gasteiger partial charge is 0.408 e. The SMILES string of the molecule is Cn1ncnc1Cn1c(=O)oc2cc(N)ccc21. The Morgan fingerprint density at radius 1 is 1.44 bits per heavy atom. The quantitative estimate of drug-likeness (QED) is 0.658. The van der Waals surface area contributed by atoms with Gasteiger partial charge in [-0.2, -0.15) is 5.10 Å². The Hall–Kier alpha value is -2.57. The van der Waals surface area contributed by atoms with Crippen LogP contribution in [0.3, 0.4) is 0 Å². The second-order valence-electron chi connectivity index (χ2n) is 3.98. The van der Waals surface area contributed by atoms with E-state index in [1.807, 2.05) is 0 Å². The maximum Gasteiger partial charge on any atom is 0.420 e. The lowest BCUT2D eigenvalue weighted by atomic mass is 10.3. The molecule has 3 rings (SSSR count). The van der Waals surface area contributed by atoms with Crippen molar-refractivity contribution in [3.05, 3.63) is 40.9 Å². The van der Waals surface area contributed by atoms with Crippen LogP contribution in [0.15, 0.2) is 33.7 Å². The van der Waals surface area contributed by atoms with E-state index >= 15 is 0 Å². The van der Waals surface area contributed by atoms with E-state index in [9.17, 15) is 4.79 Å². The molecule has 2 heterocycles. The lowest BCUT2D eigenvalue weighted by Crippen LogP contribution is -2.17. The van der Waals surface area contributed by atoms with Crippen LogP contribution in [-0.4, -0.2) is 19.3 Å². The van der Waals surface area contributed by atoms with Crippen LogP contribution in [-0.2, 0) is 13.6 Å². The molecule has 2 N–H and O–H groups in total. The van der Waals surface area contributed by atoms with E-state index in [-0.39, 0.29) is 0 Å². The summed E-state index contributed by atoms with van der Waals surface area (Å²) in [5.41, 5.74) is 7.37. The monoisotopic (exact) mass is 245 g/mol. The fourth-order valence-electron chi connectivity index (χ4n) is 1.84. The molecule has 0 radical (unpaired) electrons. The first-order chi connectivity index (χ1) is 8.65. The highest BCUT2D eigenvalue weighted by Gasteiger charge is 2.11. The van der Waals surface area contributed by atoms with Gasteiger partial charge in [-0.05, 0) is 12.1 Å². The predicted molar refractivity (Wildman–Crippen MR) is 65.0 cm³/mol. The molecule has 7 heteroatoms. The Balaban J connectivity index is 2.15. The largest absolute Gasteiger partial charge is 0.420 e. The maximum absolute atomic E-state index is 11.8. The van der Waals surface area contributed by atoms with Crippen LogP contribution in [0.4, 0.5) is 5.69 Å². The average Bonchev–Trinajstić information content (AvgIpc) is 2.85. The minimum absolute atomic E-state index is 0.312. The van der Waals surface area contributed by atoms with Gasteiger partial charge in [-0.1, -0.05) is 0 Å². The van der Waals surface area contributed by atoms with Gasteiger partial charge >= 0.3 is 5.76 Å². The second kappa shape index (κ2) is 3.73. The number of oxazole rings is 1. The molecular formula is C11H11N5O2. The summed E-state index contributed by atoms with van der Waals surface area (Å²) >= 11 is 0. The Morgan fingerprint density at radius 2 is 2.28 bits per heavy atom. The molecule has 0 aliphatic rings. The highest BCUT2D eigenvalue weighted by atomic mass is 16.4. The van der Waals surface area contributed by atoms with E-state index in [2.05, 4.69) is 10.1 Å². The van der Waals surface area contributed by atoms with Crippen LogP contribution >= 0.6 is 0 Å². The van der Waals surface area contributed by atoms with Crippen LogP contribution in [0.1, 0.15) is 5.82 Å². The summed E-state index contributed by atoms with van der Waals surface area (Å²) in [5.74, 6) is 0.246. The van der Waals surface area contributed by atoms with Gasteiger partial charge < -0.3 is 10.2 Å². The van der Waals surface area contributed by atoms with Crippen molar-refractivity contribution < 1.29 is 4.42 Å².